The van der Waals surface area contributed by atoms with Gasteiger partial charge >= 0.3 is 0 Å². The van der Waals surface area contributed by atoms with E-state index >= 15 is 0 Å². The molecule has 0 aliphatic heterocycles. The van der Waals surface area contributed by atoms with Crippen LogP contribution in [-0.4, -0.2) is 30.1 Å². The van der Waals surface area contributed by atoms with Gasteiger partial charge in [0.1, 0.15) is 18.1 Å². The topological polar surface area (TPSA) is 106 Å². The van der Waals surface area contributed by atoms with Gasteiger partial charge in [-0.05, 0) is 71.6 Å². The predicted octanol–water partition coefficient (Wildman–Crippen LogP) is 3.57. The second-order valence-electron chi connectivity index (χ2n) is 8.23. The average molecular weight is 444 g/mol. The van der Waals surface area contributed by atoms with Crippen molar-refractivity contribution in [3.05, 3.63) is 99.4 Å². The van der Waals surface area contributed by atoms with Crippen LogP contribution in [0.25, 0.3) is 10.9 Å². The van der Waals surface area contributed by atoms with Crippen LogP contribution in [0.5, 0.6) is 0 Å². The Morgan fingerprint density at radius 3 is 2.55 bits per heavy atom. The SMILES string of the molecule is Cc1cc(C)c2[nH]c(=O)c(CN(Cc3ccco3)Cc3nnnn3Cc3ccco3)cc2c1. The molecule has 5 rings (SSSR count). The molecule has 0 radical (unpaired) electrons. The molecule has 0 bridgehead atoms. The first-order chi connectivity index (χ1) is 16.0. The molecule has 5 aromatic rings. The van der Waals surface area contributed by atoms with E-state index in [1.165, 1.54) is 0 Å². The zero-order valence-corrected chi connectivity index (χ0v) is 18.5. The molecule has 4 heterocycles. The number of tetrazole rings is 1. The number of fused-ring (bicyclic) bond motifs is 1. The fraction of sp³-hybridized carbons (Fsp3) is 0.250. The van der Waals surface area contributed by atoms with Crippen LogP contribution in [0, 0.1) is 13.8 Å². The lowest BCUT2D eigenvalue weighted by Crippen LogP contribution is -2.28. The number of rotatable bonds is 8. The number of hydrogen-bond acceptors (Lipinski definition) is 7. The number of aromatic nitrogens is 5. The zero-order chi connectivity index (χ0) is 22.8. The maximum absolute atomic E-state index is 12.9. The van der Waals surface area contributed by atoms with Crippen LogP contribution < -0.4 is 5.56 Å². The monoisotopic (exact) mass is 444 g/mol. The van der Waals surface area contributed by atoms with Gasteiger partial charge in [0.05, 0.1) is 31.1 Å². The quantitative estimate of drug-likeness (QED) is 0.390. The van der Waals surface area contributed by atoms with Crippen LogP contribution in [0.2, 0.25) is 0 Å². The van der Waals surface area contributed by atoms with Gasteiger partial charge in [0.15, 0.2) is 5.82 Å². The molecule has 0 unspecified atom stereocenters. The second kappa shape index (κ2) is 8.87. The molecule has 9 nitrogen and oxygen atoms in total. The van der Waals surface area contributed by atoms with E-state index in [1.54, 1.807) is 17.2 Å². The van der Waals surface area contributed by atoms with Gasteiger partial charge in [-0.2, -0.15) is 0 Å². The van der Waals surface area contributed by atoms with Crippen molar-refractivity contribution in [2.45, 2.75) is 40.0 Å². The number of nitrogens with one attached hydrogen (secondary N) is 1. The molecule has 0 fully saturated rings. The molecule has 0 amide bonds. The summed E-state index contributed by atoms with van der Waals surface area (Å²) in [4.78, 5) is 18.1. The van der Waals surface area contributed by atoms with Crippen molar-refractivity contribution in [2.75, 3.05) is 0 Å². The third-order valence-electron chi connectivity index (χ3n) is 5.58. The van der Waals surface area contributed by atoms with E-state index < -0.39 is 0 Å². The van der Waals surface area contributed by atoms with Gasteiger partial charge in [-0.3, -0.25) is 9.69 Å². The number of furan rings is 2. The van der Waals surface area contributed by atoms with Crippen molar-refractivity contribution < 1.29 is 8.83 Å². The van der Waals surface area contributed by atoms with Gasteiger partial charge < -0.3 is 13.8 Å². The van der Waals surface area contributed by atoms with Gasteiger partial charge in [-0.1, -0.05) is 11.6 Å². The van der Waals surface area contributed by atoms with Gasteiger partial charge in [-0.15, -0.1) is 5.10 Å². The normalized spacial score (nSPS) is 11.6. The number of pyridine rings is 1. The van der Waals surface area contributed by atoms with Crippen molar-refractivity contribution in [1.82, 2.24) is 30.1 Å². The lowest BCUT2D eigenvalue weighted by Gasteiger charge is -2.20. The summed E-state index contributed by atoms with van der Waals surface area (Å²) >= 11 is 0. The Hall–Kier alpha value is -3.98. The molecule has 0 aliphatic carbocycles. The fourth-order valence-electron chi connectivity index (χ4n) is 4.09. The number of aryl methyl sites for hydroxylation is 2. The minimum atomic E-state index is -0.103. The highest BCUT2D eigenvalue weighted by atomic mass is 16.3. The molecule has 0 aliphatic rings. The van der Waals surface area contributed by atoms with E-state index in [1.807, 2.05) is 37.3 Å². The van der Waals surface area contributed by atoms with Crippen molar-refractivity contribution in [2.24, 2.45) is 0 Å². The van der Waals surface area contributed by atoms with Gasteiger partial charge in [0.2, 0.25) is 0 Å². The molecule has 0 saturated carbocycles. The van der Waals surface area contributed by atoms with Crippen molar-refractivity contribution in [1.29, 1.82) is 0 Å². The summed E-state index contributed by atoms with van der Waals surface area (Å²) in [5, 5.41) is 13.2. The Bertz CT molecular complexity index is 1420. The molecule has 0 spiro atoms. The van der Waals surface area contributed by atoms with Crippen LogP contribution in [0.15, 0.2) is 68.6 Å². The molecule has 0 saturated heterocycles. The molecule has 33 heavy (non-hydrogen) atoms. The van der Waals surface area contributed by atoms with Gasteiger partial charge in [0.25, 0.3) is 5.56 Å². The minimum absolute atomic E-state index is 0.103. The number of benzene rings is 1. The Labute approximate surface area is 189 Å². The lowest BCUT2D eigenvalue weighted by molar-refractivity contribution is 0.216. The largest absolute Gasteiger partial charge is 0.468 e. The van der Waals surface area contributed by atoms with Crippen molar-refractivity contribution in [3.8, 4) is 0 Å². The first-order valence-electron chi connectivity index (χ1n) is 10.7. The van der Waals surface area contributed by atoms with Crippen LogP contribution in [-0.2, 0) is 26.2 Å². The Kier molecular flexibility index (Phi) is 5.62. The molecular weight excluding hydrogens is 420 g/mol. The highest BCUT2D eigenvalue weighted by Crippen LogP contribution is 2.20. The van der Waals surface area contributed by atoms with E-state index in [4.69, 9.17) is 8.83 Å². The lowest BCUT2D eigenvalue weighted by atomic mass is 10.1. The summed E-state index contributed by atoms with van der Waals surface area (Å²) in [7, 11) is 0. The summed E-state index contributed by atoms with van der Waals surface area (Å²) in [5.74, 6) is 2.23. The fourth-order valence-corrected chi connectivity index (χ4v) is 4.09. The van der Waals surface area contributed by atoms with Crippen molar-refractivity contribution in [3.63, 3.8) is 0 Å². The maximum Gasteiger partial charge on any atom is 0.252 e. The summed E-state index contributed by atoms with van der Waals surface area (Å²) in [6.45, 7) is 5.83. The second-order valence-corrected chi connectivity index (χ2v) is 8.23. The highest BCUT2D eigenvalue weighted by molar-refractivity contribution is 5.82. The minimum Gasteiger partial charge on any atom is -0.468 e. The summed E-state index contributed by atoms with van der Waals surface area (Å²) in [5.41, 5.74) is 3.65. The summed E-state index contributed by atoms with van der Waals surface area (Å²) in [6, 6.07) is 13.6. The Balaban J connectivity index is 1.45. The first-order valence-corrected chi connectivity index (χ1v) is 10.7. The van der Waals surface area contributed by atoms with E-state index in [2.05, 4.69) is 44.5 Å². The van der Waals surface area contributed by atoms with Crippen LogP contribution in [0.1, 0.15) is 34.0 Å². The van der Waals surface area contributed by atoms with Gasteiger partial charge in [-0.25, -0.2) is 4.68 Å². The number of nitrogens with zero attached hydrogens (tertiary/aromatic N) is 5. The molecular formula is C24H24N6O3. The Morgan fingerprint density at radius 1 is 1.00 bits per heavy atom. The molecule has 9 heteroatoms. The maximum atomic E-state index is 12.9. The number of hydrogen-bond donors (Lipinski definition) is 1. The van der Waals surface area contributed by atoms with Crippen molar-refractivity contribution >= 4 is 10.9 Å². The standard InChI is InChI=1S/C24H24N6O3/c1-16-9-17(2)23-18(10-16)11-19(24(31)25-23)12-29(13-20-5-3-7-32-20)15-22-26-27-28-30(22)14-21-6-4-8-33-21/h3-11H,12-15H2,1-2H3,(H,25,31). The van der Waals surface area contributed by atoms with E-state index in [0.717, 1.165) is 33.6 Å². The molecule has 1 aromatic carbocycles. The Morgan fingerprint density at radius 2 is 1.79 bits per heavy atom. The van der Waals surface area contributed by atoms with E-state index in [-0.39, 0.29) is 5.56 Å². The third kappa shape index (κ3) is 4.63. The van der Waals surface area contributed by atoms with E-state index in [9.17, 15) is 4.79 Å². The van der Waals surface area contributed by atoms with E-state index in [0.29, 0.717) is 37.6 Å². The van der Waals surface area contributed by atoms with Crippen LogP contribution in [0.3, 0.4) is 0 Å². The molecule has 4 aromatic heterocycles. The van der Waals surface area contributed by atoms with Crippen LogP contribution in [0.4, 0.5) is 0 Å². The predicted molar refractivity (Wildman–Crippen MR) is 121 cm³/mol. The first kappa shape index (κ1) is 20.9. The molecule has 1 N–H and O–H groups in total. The van der Waals surface area contributed by atoms with Crippen LogP contribution >= 0.6 is 0 Å². The van der Waals surface area contributed by atoms with Gasteiger partial charge in [0, 0.05) is 12.1 Å². The summed E-state index contributed by atoms with van der Waals surface area (Å²) < 4.78 is 12.7. The third-order valence-corrected chi connectivity index (χ3v) is 5.58. The number of aromatic amines is 1. The summed E-state index contributed by atoms with van der Waals surface area (Å²) in [6.07, 6.45) is 3.26. The average Bonchev–Trinajstić information content (AvgIpc) is 3.54. The highest BCUT2D eigenvalue weighted by Gasteiger charge is 2.17. The molecule has 168 valence electrons. The smallest absolute Gasteiger partial charge is 0.252 e. The number of H-pyrrole nitrogens is 1. The molecule has 0 atom stereocenters. The zero-order valence-electron chi connectivity index (χ0n) is 18.5.